The molecule has 0 saturated carbocycles. The number of ether oxygens (including phenoxy) is 2. The summed E-state index contributed by atoms with van der Waals surface area (Å²) in [5, 5.41) is 0. The Kier molecular flexibility index (Phi) is 5.07. The van der Waals surface area contributed by atoms with Gasteiger partial charge in [0.1, 0.15) is 0 Å². The highest BCUT2D eigenvalue weighted by atomic mass is 16.5. The van der Waals surface area contributed by atoms with Crippen LogP contribution in [0.2, 0.25) is 0 Å². The van der Waals surface area contributed by atoms with Crippen LogP contribution in [0.1, 0.15) is 47.5 Å². The minimum absolute atomic E-state index is 0.0402. The van der Waals surface area contributed by atoms with Gasteiger partial charge in [-0.1, -0.05) is 34.6 Å². The lowest BCUT2D eigenvalue weighted by atomic mass is 9.69. The number of hydrogen-bond acceptors (Lipinski definition) is 4. The van der Waals surface area contributed by atoms with Gasteiger partial charge in [0.05, 0.1) is 18.8 Å². The van der Waals surface area contributed by atoms with E-state index in [-0.39, 0.29) is 11.0 Å². The van der Waals surface area contributed by atoms with E-state index in [4.69, 9.17) is 9.47 Å². The number of rotatable bonds is 5. The summed E-state index contributed by atoms with van der Waals surface area (Å²) in [7, 11) is 1.88. The van der Waals surface area contributed by atoms with Gasteiger partial charge in [0.25, 0.3) is 0 Å². The molecule has 4 heteroatoms. The minimum atomic E-state index is 0.0402. The molecule has 0 aromatic carbocycles. The fourth-order valence-corrected chi connectivity index (χ4v) is 5.09. The number of methoxy groups -OCH3 is 1. The van der Waals surface area contributed by atoms with E-state index in [1.54, 1.807) is 0 Å². The molecule has 0 radical (unpaired) electrons. The Labute approximate surface area is 148 Å². The maximum absolute atomic E-state index is 5.91. The monoisotopic (exact) mass is 338 g/mol. The average Bonchev–Trinajstić information content (AvgIpc) is 2.89. The Morgan fingerprint density at radius 1 is 1.12 bits per heavy atom. The summed E-state index contributed by atoms with van der Waals surface area (Å²) in [6.07, 6.45) is 2.61. The fourth-order valence-electron chi connectivity index (χ4n) is 5.09. The van der Waals surface area contributed by atoms with Gasteiger partial charge in [-0.15, -0.1) is 0 Å². The first-order valence-electron chi connectivity index (χ1n) is 9.78. The second kappa shape index (κ2) is 6.53. The Morgan fingerprint density at radius 2 is 1.83 bits per heavy atom. The normalized spacial score (nSPS) is 31.8. The van der Waals surface area contributed by atoms with Gasteiger partial charge in [-0.3, -0.25) is 9.80 Å². The molecular formula is C20H38N2O2. The van der Waals surface area contributed by atoms with Crippen LogP contribution in [-0.4, -0.2) is 74.5 Å². The molecule has 0 aromatic heterocycles. The summed E-state index contributed by atoms with van der Waals surface area (Å²) in [5.41, 5.74) is 0.630. The number of hydrogen-bond donors (Lipinski definition) is 0. The van der Waals surface area contributed by atoms with Gasteiger partial charge in [-0.05, 0) is 42.7 Å². The molecule has 0 aliphatic carbocycles. The van der Waals surface area contributed by atoms with Crippen LogP contribution in [0.25, 0.3) is 0 Å². The molecule has 0 spiro atoms. The second-order valence-corrected chi connectivity index (χ2v) is 9.97. The van der Waals surface area contributed by atoms with E-state index in [9.17, 15) is 0 Å². The van der Waals surface area contributed by atoms with Gasteiger partial charge in [0, 0.05) is 32.8 Å². The van der Waals surface area contributed by atoms with Crippen LogP contribution in [0.3, 0.4) is 0 Å². The second-order valence-electron chi connectivity index (χ2n) is 9.97. The molecule has 3 rings (SSSR count). The number of fused-ring (bicyclic) bond motifs is 1. The first kappa shape index (κ1) is 18.6. The van der Waals surface area contributed by atoms with E-state index in [2.05, 4.69) is 44.4 Å². The molecule has 2 unspecified atom stereocenters. The third-order valence-corrected chi connectivity index (χ3v) is 7.26. The van der Waals surface area contributed by atoms with Crippen LogP contribution in [0.4, 0.5) is 0 Å². The SMILES string of the molecule is COC1(C(C)(C)C)CN(CCC(C)(C)C2CCN3CCOCC23)C1. The summed E-state index contributed by atoms with van der Waals surface area (Å²) in [6.45, 7) is 19.4. The highest BCUT2D eigenvalue weighted by molar-refractivity contribution is 5.05. The Morgan fingerprint density at radius 3 is 2.46 bits per heavy atom. The molecule has 3 saturated heterocycles. The van der Waals surface area contributed by atoms with E-state index in [0.717, 1.165) is 38.8 Å². The van der Waals surface area contributed by atoms with Crippen molar-refractivity contribution in [3.63, 3.8) is 0 Å². The van der Waals surface area contributed by atoms with E-state index in [0.29, 0.717) is 11.5 Å². The van der Waals surface area contributed by atoms with Crippen molar-refractivity contribution in [3.05, 3.63) is 0 Å². The molecule has 0 amide bonds. The zero-order valence-electron chi connectivity index (χ0n) is 16.7. The molecule has 140 valence electrons. The third-order valence-electron chi connectivity index (χ3n) is 7.26. The molecule has 3 aliphatic rings. The molecule has 0 N–H and O–H groups in total. The smallest absolute Gasteiger partial charge is 0.0978 e. The quantitative estimate of drug-likeness (QED) is 0.769. The predicted molar refractivity (Wildman–Crippen MR) is 98.3 cm³/mol. The van der Waals surface area contributed by atoms with Crippen molar-refractivity contribution in [3.8, 4) is 0 Å². The van der Waals surface area contributed by atoms with Crippen LogP contribution in [0.15, 0.2) is 0 Å². The van der Waals surface area contributed by atoms with Crippen LogP contribution < -0.4 is 0 Å². The molecule has 0 bridgehead atoms. The van der Waals surface area contributed by atoms with Gasteiger partial charge in [-0.2, -0.15) is 0 Å². The largest absolute Gasteiger partial charge is 0.378 e. The van der Waals surface area contributed by atoms with Crippen molar-refractivity contribution < 1.29 is 9.47 Å². The highest BCUT2D eigenvalue weighted by Gasteiger charge is 2.52. The van der Waals surface area contributed by atoms with Crippen molar-refractivity contribution in [2.45, 2.75) is 59.1 Å². The van der Waals surface area contributed by atoms with Crippen molar-refractivity contribution in [2.75, 3.05) is 53.0 Å². The maximum Gasteiger partial charge on any atom is 0.0978 e. The van der Waals surface area contributed by atoms with Gasteiger partial charge >= 0.3 is 0 Å². The number of likely N-dealkylation sites (tertiary alicyclic amines) is 1. The summed E-state index contributed by atoms with van der Waals surface area (Å²) in [6, 6.07) is 0.651. The molecule has 3 aliphatic heterocycles. The van der Waals surface area contributed by atoms with Crippen molar-refractivity contribution >= 4 is 0 Å². The molecule has 0 aromatic rings. The fraction of sp³-hybridized carbons (Fsp3) is 1.00. The number of morpholine rings is 1. The Bertz CT molecular complexity index is 437. The van der Waals surface area contributed by atoms with Gasteiger partial charge in [0.15, 0.2) is 0 Å². The highest BCUT2D eigenvalue weighted by Crippen LogP contribution is 2.44. The molecular weight excluding hydrogens is 300 g/mol. The lowest BCUT2D eigenvalue weighted by molar-refractivity contribution is -0.185. The summed E-state index contributed by atoms with van der Waals surface area (Å²) >= 11 is 0. The summed E-state index contributed by atoms with van der Waals surface area (Å²) in [4.78, 5) is 5.25. The molecule has 4 nitrogen and oxygen atoms in total. The molecule has 2 atom stereocenters. The van der Waals surface area contributed by atoms with Gasteiger partial charge in [-0.25, -0.2) is 0 Å². The van der Waals surface area contributed by atoms with Gasteiger partial charge in [0.2, 0.25) is 0 Å². The molecule has 3 fully saturated rings. The van der Waals surface area contributed by atoms with Gasteiger partial charge < -0.3 is 9.47 Å². The lowest BCUT2D eigenvalue weighted by Gasteiger charge is -2.56. The van der Waals surface area contributed by atoms with Crippen LogP contribution >= 0.6 is 0 Å². The first-order chi connectivity index (χ1) is 11.2. The van der Waals surface area contributed by atoms with E-state index < -0.39 is 0 Å². The average molecular weight is 339 g/mol. The topological polar surface area (TPSA) is 24.9 Å². The van der Waals surface area contributed by atoms with E-state index >= 15 is 0 Å². The molecule has 24 heavy (non-hydrogen) atoms. The van der Waals surface area contributed by atoms with Crippen LogP contribution in [0, 0.1) is 16.7 Å². The third kappa shape index (κ3) is 3.27. The standard InChI is InChI=1S/C20H38N2O2/c1-18(2,3)20(23-6)14-21(15-20)10-8-19(4,5)16-7-9-22-11-12-24-13-17(16)22/h16-17H,7-15H2,1-6H3. The van der Waals surface area contributed by atoms with Crippen molar-refractivity contribution in [1.82, 2.24) is 9.80 Å². The van der Waals surface area contributed by atoms with Crippen LogP contribution in [-0.2, 0) is 9.47 Å². The lowest BCUT2D eigenvalue weighted by Crippen LogP contribution is -2.69. The summed E-state index contributed by atoms with van der Waals surface area (Å²) < 4.78 is 11.7. The maximum atomic E-state index is 5.91. The minimum Gasteiger partial charge on any atom is -0.378 e. The van der Waals surface area contributed by atoms with Crippen molar-refractivity contribution in [2.24, 2.45) is 16.7 Å². The van der Waals surface area contributed by atoms with Crippen molar-refractivity contribution in [1.29, 1.82) is 0 Å². The first-order valence-corrected chi connectivity index (χ1v) is 9.78. The van der Waals surface area contributed by atoms with E-state index in [1.165, 1.54) is 25.9 Å². The van der Waals surface area contributed by atoms with E-state index in [1.807, 2.05) is 7.11 Å². The number of nitrogens with zero attached hydrogens (tertiary/aromatic N) is 2. The zero-order chi connectivity index (χ0) is 17.6. The van der Waals surface area contributed by atoms with Crippen LogP contribution in [0.5, 0.6) is 0 Å². The Balaban J connectivity index is 1.52. The summed E-state index contributed by atoms with van der Waals surface area (Å²) in [5.74, 6) is 0.772. The Hall–Kier alpha value is -0.160. The zero-order valence-corrected chi connectivity index (χ0v) is 16.7. The predicted octanol–water partition coefficient (Wildman–Crippen LogP) is 2.87. The molecule has 3 heterocycles.